The van der Waals surface area contributed by atoms with Gasteiger partial charge < -0.3 is 5.73 Å². The fraction of sp³-hybridized carbons (Fsp3) is 0. The highest BCUT2D eigenvalue weighted by Gasteiger charge is 2.17. The van der Waals surface area contributed by atoms with Crippen LogP contribution in [0.25, 0.3) is 16.8 Å². The summed E-state index contributed by atoms with van der Waals surface area (Å²) in [5.41, 5.74) is 6.82. The molecule has 6 heteroatoms. The third kappa shape index (κ3) is 1.87. The number of fused-ring (bicyclic) bond motifs is 1. The van der Waals surface area contributed by atoms with E-state index < -0.39 is 5.91 Å². The molecule has 0 aliphatic carbocycles. The summed E-state index contributed by atoms with van der Waals surface area (Å²) in [6.07, 6.45) is 1.51. The van der Waals surface area contributed by atoms with E-state index in [9.17, 15) is 14.0 Å². The van der Waals surface area contributed by atoms with Gasteiger partial charge in [0.15, 0.2) is 5.43 Å². The molecule has 3 rings (SSSR count). The topological polar surface area (TPSA) is 80.4 Å². The van der Waals surface area contributed by atoms with Crippen molar-refractivity contribution in [3.8, 4) is 11.3 Å². The van der Waals surface area contributed by atoms with Gasteiger partial charge in [0.05, 0.1) is 16.8 Å². The van der Waals surface area contributed by atoms with Crippen molar-refractivity contribution in [2.75, 3.05) is 0 Å². The maximum absolute atomic E-state index is 13.0. The number of nitrogens with zero attached hydrogens (tertiary/aromatic N) is 1. The van der Waals surface area contributed by atoms with Crippen LogP contribution < -0.4 is 11.2 Å². The molecule has 0 radical (unpaired) electrons. The first-order valence-electron chi connectivity index (χ1n) is 5.86. The summed E-state index contributed by atoms with van der Waals surface area (Å²) < 4.78 is 14.5. The van der Waals surface area contributed by atoms with Gasteiger partial charge in [-0.1, -0.05) is 0 Å². The third-order valence-corrected chi connectivity index (χ3v) is 3.04. The van der Waals surface area contributed by atoms with Crippen molar-refractivity contribution in [1.29, 1.82) is 0 Å². The Balaban J connectivity index is 2.35. The number of H-pyrrole nitrogens is 1. The summed E-state index contributed by atoms with van der Waals surface area (Å²) in [5, 5.41) is 2.96. The highest BCUT2D eigenvalue weighted by molar-refractivity contribution is 6.05. The molecule has 0 aliphatic heterocycles. The second kappa shape index (κ2) is 4.34. The molecule has 0 aliphatic rings. The van der Waals surface area contributed by atoms with Gasteiger partial charge in [0.2, 0.25) is 0 Å². The van der Waals surface area contributed by atoms with Crippen LogP contribution in [0.1, 0.15) is 10.4 Å². The van der Waals surface area contributed by atoms with Crippen molar-refractivity contribution in [1.82, 2.24) is 9.61 Å². The minimum Gasteiger partial charge on any atom is -0.365 e. The number of rotatable bonds is 2. The molecule has 2 heterocycles. The van der Waals surface area contributed by atoms with Crippen LogP contribution >= 0.6 is 0 Å². The fourth-order valence-electron chi connectivity index (χ4n) is 2.15. The average Bonchev–Trinajstić information content (AvgIpc) is 2.78. The second-order valence-electron chi connectivity index (χ2n) is 4.35. The summed E-state index contributed by atoms with van der Waals surface area (Å²) in [6, 6.07) is 8.33. The molecule has 1 aromatic carbocycles. The van der Waals surface area contributed by atoms with Crippen LogP contribution in [0.4, 0.5) is 4.39 Å². The number of pyridine rings is 1. The Hall–Kier alpha value is -2.89. The van der Waals surface area contributed by atoms with Crippen molar-refractivity contribution in [2.24, 2.45) is 5.73 Å². The number of nitrogens with one attached hydrogen (secondary N) is 1. The number of hydrogen-bond acceptors (Lipinski definition) is 2. The number of amides is 1. The van der Waals surface area contributed by atoms with E-state index in [-0.39, 0.29) is 16.8 Å². The first-order valence-corrected chi connectivity index (χ1v) is 5.86. The molecular formula is C14H10FN3O2. The van der Waals surface area contributed by atoms with Crippen molar-refractivity contribution >= 4 is 11.4 Å². The number of carbonyl (C=O) groups excluding carboxylic acids is 1. The molecule has 0 saturated heterocycles. The molecule has 0 bridgehead atoms. The van der Waals surface area contributed by atoms with Crippen LogP contribution in [0.15, 0.2) is 47.4 Å². The Labute approximate surface area is 112 Å². The van der Waals surface area contributed by atoms with Crippen molar-refractivity contribution in [2.45, 2.75) is 0 Å². The minimum atomic E-state index is -0.659. The molecule has 0 atom stereocenters. The highest BCUT2D eigenvalue weighted by Crippen LogP contribution is 2.25. The molecule has 0 fully saturated rings. The van der Waals surface area contributed by atoms with Gasteiger partial charge in [-0.05, 0) is 24.3 Å². The molecule has 5 nitrogen and oxygen atoms in total. The van der Waals surface area contributed by atoms with Crippen molar-refractivity contribution in [3.05, 3.63) is 64.2 Å². The van der Waals surface area contributed by atoms with Crippen LogP contribution in [0.5, 0.6) is 0 Å². The largest absolute Gasteiger partial charge is 0.365 e. The predicted molar refractivity (Wildman–Crippen MR) is 71.9 cm³/mol. The standard InChI is InChI=1S/C14H10FN3O2/c15-9-3-1-8(2-4-9)13-12(14(16)20)11-7-10(19)5-6-18(11)17-13/h1-7,17H,(H2,16,20). The molecule has 0 unspecified atom stereocenters. The molecular weight excluding hydrogens is 261 g/mol. The first kappa shape index (κ1) is 12.2. The molecule has 1 amide bonds. The van der Waals surface area contributed by atoms with E-state index in [2.05, 4.69) is 5.10 Å². The van der Waals surface area contributed by atoms with Gasteiger partial charge in [-0.25, -0.2) is 4.39 Å². The maximum Gasteiger partial charge on any atom is 0.253 e. The van der Waals surface area contributed by atoms with Gasteiger partial charge in [-0.2, -0.15) is 0 Å². The van der Waals surface area contributed by atoms with E-state index in [0.29, 0.717) is 16.8 Å². The number of benzene rings is 1. The number of nitrogens with two attached hydrogens (primary N) is 1. The fourth-order valence-corrected chi connectivity index (χ4v) is 2.15. The summed E-state index contributed by atoms with van der Waals surface area (Å²) in [7, 11) is 0. The number of hydrogen-bond donors (Lipinski definition) is 2. The Morgan fingerprint density at radius 3 is 2.55 bits per heavy atom. The first-order chi connectivity index (χ1) is 9.56. The average molecular weight is 271 g/mol. The van der Waals surface area contributed by atoms with Gasteiger partial charge in [-0.3, -0.25) is 19.2 Å². The lowest BCUT2D eigenvalue weighted by atomic mass is 10.1. The Morgan fingerprint density at radius 1 is 1.20 bits per heavy atom. The molecule has 0 saturated carbocycles. The Morgan fingerprint density at radius 2 is 1.90 bits per heavy atom. The molecule has 3 aromatic rings. The van der Waals surface area contributed by atoms with Crippen LogP contribution in [0.3, 0.4) is 0 Å². The minimum absolute atomic E-state index is 0.203. The summed E-state index contributed by atoms with van der Waals surface area (Å²) >= 11 is 0. The monoisotopic (exact) mass is 271 g/mol. The number of halogens is 1. The van der Waals surface area contributed by atoms with Crippen LogP contribution in [-0.2, 0) is 0 Å². The summed E-state index contributed by atoms with van der Waals surface area (Å²) in [5.74, 6) is -1.03. The van der Waals surface area contributed by atoms with Crippen LogP contribution in [-0.4, -0.2) is 15.5 Å². The normalized spacial score (nSPS) is 10.8. The molecule has 2 aromatic heterocycles. The summed E-state index contributed by atoms with van der Waals surface area (Å²) in [4.78, 5) is 23.1. The zero-order chi connectivity index (χ0) is 14.3. The SMILES string of the molecule is NC(=O)c1c(-c2ccc(F)cc2)[nH]n2ccc(=O)cc12. The van der Waals surface area contributed by atoms with Gasteiger partial charge in [0.1, 0.15) is 5.82 Å². The van der Waals surface area contributed by atoms with E-state index in [4.69, 9.17) is 5.73 Å². The third-order valence-electron chi connectivity index (χ3n) is 3.04. The predicted octanol–water partition coefficient (Wildman–Crippen LogP) is 1.53. The zero-order valence-electron chi connectivity index (χ0n) is 10.3. The number of carbonyl (C=O) groups is 1. The molecule has 0 spiro atoms. The number of aromatic amines is 1. The van der Waals surface area contributed by atoms with E-state index in [1.807, 2.05) is 0 Å². The van der Waals surface area contributed by atoms with E-state index in [1.165, 1.54) is 47.1 Å². The van der Waals surface area contributed by atoms with E-state index in [1.54, 1.807) is 0 Å². The number of primary amides is 1. The van der Waals surface area contributed by atoms with Gasteiger partial charge >= 0.3 is 0 Å². The highest BCUT2D eigenvalue weighted by atomic mass is 19.1. The maximum atomic E-state index is 13.0. The van der Waals surface area contributed by atoms with Crippen molar-refractivity contribution in [3.63, 3.8) is 0 Å². The lowest BCUT2D eigenvalue weighted by molar-refractivity contribution is 0.100. The van der Waals surface area contributed by atoms with Crippen LogP contribution in [0.2, 0.25) is 0 Å². The summed E-state index contributed by atoms with van der Waals surface area (Å²) in [6.45, 7) is 0. The smallest absolute Gasteiger partial charge is 0.253 e. The lowest BCUT2D eigenvalue weighted by Crippen LogP contribution is -2.12. The van der Waals surface area contributed by atoms with E-state index in [0.717, 1.165) is 0 Å². The number of aromatic nitrogens is 2. The Kier molecular flexibility index (Phi) is 2.64. The quantitative estimate of drug-likeness (QED) is 0.741. The van der Waals surface area contributed by atoms with Crippen LogP contribution in [0, 0.1) is 5.82 Å². The second-order valence-corrected chi connectivity index (χ2v) is 4.35. The zero-order valence-corrected chi connectivity index (χ0v) is 10.3. The lowest BCUT2D eigenvalue weighted by Gasteiger charge is -2.00. The molecule has 100 valence electrons. The van der Waals surface area contributed by atoms with Gasteiger partial charge in [0, 0.05) is 23.9 Å². The molecule has 3 N–H and O–H groups in total. The van der Waals surface area contributed by atoms with E-state index >= 15 is 0 Å². The van der Waals surface area contributed by atoms with Crippen molar-refractivity contribution < 1.29 is 9.18 Å². The Bertz CT molecular complexity index is 862. The molecule has 20 heavy (non-hydrogen) atoms. The van der Waals surface area contributed by atoms with Gasteiger partial charge in [-0.15, -0.1) is 0 Å². The van der Waals surface area contributed by atoms with Gasteiger partial charge in [0.25, 0.3) is 5.91 Å².